The smallest absolute Gasteiger partial charge is 0.308 e. The van der Waals surface area contributed by atoms with Crippen molar-refractivity contribution in [3.63, 3.8) is 0 Å². The van der Waals surface area contributed by atoms with Crippen molar-refractivity contribution >= 4 is 33.3 Å². The second-order valence-corrected chi connectivity index (χ2v) is 9.67. The molecule has 2 aromatic rings. The number of fused-ring (bicyclic) bond motifs is 1. The summed E-state index contributed by atoms with van der Waals surface area (Å²) < 4.78 is 28.2. The molecule has 148 valence electrons. The summed E-state index contributed by atoms with van der Waals surface area (Å²) >= 11 is 5.93. The van der Waals surface area contributed by atoms with Crippen LogP contribution in [0.3, 0.4) is 0 Å². The van der Waals surface area contributed by atoms with Crippen molar-refractivity contribution in [3.05, 3.63) is 64.7 Å². The molecule has 1 aliphatic carbocycles. The minimum Gasteiger partial charge on any atom is -0.481 e. The summed E-state index contributed by atoms with van der Waals surface area (Å²) in [6.07, 6.45) is 0.250. The van der Waals surface area contributed by atoms with Gasteiger partial charge in [-0.1, -0.05) is 35.9 Å². The van der Waals surface area contributed by atoms with Crippen LogP contribution in [-0.4, -0.2) is 50.0 Å². The van der Waals surface area contributed by atoms with Crippen LogP contribution >= 0.6 is 11.6 Å². The first-order valence-electron chi connectivity index (χ1n) is 9.18. The van der Waals surface area contributed by atoms with Gasteiger partial charge in [-0.3, -0.25) is 4.79 Å². The van der Waals surface area contributed by atoms with Crippen LogP contribution in [-0.2, 0) is 21.2 Å². The zero-order valence-corrected chi connectivity index (χ0v) is 16.7. The number of carboxylic acid groups (broad SMARTS) is 1. The summed E-state index contributed by atoms with van der Waals surface area (Å²) in [7, 11) is -3.78. The Morgan fingerprint density at radius 3 is 2.29 bits per heavy atom. The van der Waals surface area contributed by atoms with Crippen LogP contribution in [0.1, 0.15) is 16.4 Å². The van der Waals surface area contributed by atoms with Gasteiger partial charge in [0.2, 0.25) is 10.0 Å². The van der Waals surface area contributed by atoms with Crippen molar-refractivity contribution in [2.75, 3.05) is 31.1 Å². The molecule has 0 amide bonds. The minimum absolute atomic E-state index is 0.250. The Balaban J connectivity index is 1.55. The maximum Gasteiger partial charge on any atom is 0.308 e. The number of aliphatic carboxylic acids is 1. The molecule has 0 saturated carbocycles. The summed E-state index contributed by atoms with van der Waals surface area (Å²) in [6, 6.07) is 14.6. The zero-order valence-electron chi connectivity index (χ0n) is 15.2. The molecule has 8 heteroatoms. The van der Waals surface area contributed by atoms with E-state index in [9.17, 15) is 18.3 Å². The van der Waals surface area contributed by atoms with Gasteiger partial charge >= 0.3 is 5.97 Å². The molecule has 1 fully saturated rings. The molecule has 1 N–H and O–H groups in total. The lowest BCUT2D eigenvalue weighted by Crippen LogP contribution is -2.50. The van der Waals surface area contributed by atoms with Gasteiger partial charge in [0, 0.05) is 36.9 Å². The molecule has 2 aromatic carbocycles. The fourth-order valence-electron chi connectivity index (χ4n) is 4.16. The molecule has 1 saturated heterocycles. The number of piperazine rings is 1. The predicted octanol–water partition coefficient (Wildman–Crippen LogP) is 2.79. The molecule has 1 aliphatic heterocycles. The van der Waals surface area contributed by atoms with Crippen LogP contribution in [0.2, 0.25) is 5.02 Å². The predicted molar refractivity (Wildman–Crippen MR) is 108 cm³/mol. The number of carbonyl (C=O) groups is 1. The second kappa shape index (κ2) is 7.39. The summed E-state index contributed by atoms with van der Waals surface area (Å²) in [5, 5.41) is 9.26. The number of halogens is 1. The van der Waals surface area contributed by atoms with E-state index in [-0.39, 0.29) is 6.42 Å². The van der Waals surface area contributed by atoms with E-state index in [1.807, 2.05) is 36.4 Å². The highest BCUT2D eigenvalue weighted by Crippen LogP contribution is 2.43. The molecule has 2 aliphatic rings. The number of nitrogens with zero attached hydrogens (tertiary/aromatic N) is 2. The molecule has 6 nitrogen and oxygen atoms in total. The SMILES string of the molecule is O=C(O)C1Cc2ccccc2C1S(=O)(=O)N1CCN(c2ccc(Cl)cc2)CC1. The molecule has 0 bridgehead atoms. The number of benzene rings is 2. The zero-order chi connectivity index (χ0) is 19.9. The van der Waals surface area contributed by atoms with Gasteiger partial charge in [-0.2, -0.15) is 4.31 Å². The van der Waals surface area contributed by atoms with E-state index in [1.54, 1.807) is 12.1 Å². The molecule has 0 spiro atoms. The number of rotatable bonds is 4. The van der Waals surface area contributed by atoms with Crippen LogP contribution in [0.15, 0.2) is 48.5 Å². The van der Waals surface area contributed by atoms with Crippen LogP contribution in [0.25, 0.3) is 0 Å². The summed E-state index contributed by atoms with van der Waals surface area (Å²) in [5.74, 6) is -2.01. The lowest BCUT2D eigenvalue weighted by molar-refractivity contribution is -0.141. The van der Waals surface area contributed by atoms with E-state index in [2.05, 4.69) is 4.90 Å². The van der Waals surface area contributed by atoms with E-state index in [1.165, 1.54) is 4.31 Å². The van der Waals surface area contributed by atoms with Gasteiger partial charge < -0.3 is 10.0 Å². The average Bonchev–Trinajstić information content (AvgIpc) is 3.09. The summed E-state index contributed by atoms with van der Waals surface area (Å²) in [6.45, 7) is 1.76. The summed E-state index contributed by atoms with van der Waals surface area (Å²) in [4.78, 5) is 13.9. The molecular formula is C20H21ClN2O4S. The maximum absolute atomic E-state index is 13.4. The van der Waals surface area contributed by atoms with Crippen molar-refractivity contribution < 1.29 is 18.3 Å². The Labute approximate surface area is 169 Å². The highest BCUT2D eigenvalue weighted by molar-refractivity contribution is 7.89. The summed E-state index contributed by atoms with van der Waals surface area (Å²) in [5.41, 5.74) is 2.43. The highest BCUT2D eigenvalue weighted by atomic mass is 35.5. The number of hydrogen-bond donors (Lipinski definition) is 1. The van der Waals surface area contributed by atoms with E-state index < -0.39 is 27.2 Å². The third-order valence-electron chi connectivity index (χ3n) is 5.60. The van der Waals surface area contributed by atoms with E-state index in [0.717, 1.165) is 11.3 Å². The first-order valence-corrected chi connectivity index (χ1v) is 11.1. The first kappa shape index (κ1) is 19.2. The van der Waals surface area contributed by atoms with Gasteiger partial charge in [0.1, 0.15) is 5.25 Å². The number of hydrogen-bond acceptors (Lipinski definition) is 4. The number of anilines is 1. The molecule has 28 heavy (non-hydrogen) atoms. The topological polar surface area (TPSA) is 77.9 Å². The molecule has 0 radical (unpaired) electrons. The largest absolute Gasteiger partial charge is 0.481 e. The quantitative estimate of drug-likeness (QED) is 0.822. The third-order valence-corrected chi connectivity index (χ3v) is 8.16. The van der Waals surface area contributed by atoms with E-state index in [0.29, 0.717) is 36.8 Å². The highest BCUT2D eigenvalue weighted by Gasteiger charge is 2.47. The Morgan fingerprint density at radius 2 is 1.64 bits per heavy atom. The van der Waals surface area contributed by atoms with Gasteiger partial charge in [-0.25, -0.2) is 8.42 Å². The fourth-order valence-corrected chi connectivity index (χ4v) is 6.45. The average molecular weight is 421 g/mol. The van der Waals surface area contributed by atoms with Crippen LogP contribution in [0.4, 0.5) is 5.69 Å². The van der Waals surface area contributed by atoms with Crippen LogP contribution in [0.5, 0.6) is 0 Å². The van der Waals surface area contributed by atoms with Crippen molar-refractivity contribution in [1.29, 1.82) is 0 Å². The Hall–Kier alpha value is -2.09. The second-order valence-electron chi connectivity index (χ2n) is 7.18. The van der Waals surface area contributed by atoms with Gasteiger partial charge in [0.05, 0.1) is 5.92 Å². The Kier molecular flexibility index (Phi) is 5.07. The first-order chi connectivity index (χ1) is 13.4. The van der Waals surface area contributed by atoms with Crippen LogP contribution in [0, 0.1) is 5.92 Å². The minimum atomic E-state index is -3.78. The van der Waals surface area contributed by atoms with E-state index >= 15 is 0 Å². The molecule has 4 rings (SSSR count). The normalized spacial score (nSPS) is 22.8. The van der Waals surface area contributed by atoms with Gasteiger partial charge in [-0.05, 0) is 41.8 Å². The molecule has 2 unspecified atom stereocenters. The van der Waals surface area contributed by atoms with Crippen LogP contribution < -0.4 is 4.90 Å². The number of carboxylic acids is 1. The standard InChI is InChI=1S/C20H21ClN2O4S/c21-15-5-7-16(8-6-15)22-9-11-23(12-10-22)28(26,27)19-17-4-2-1-3-14(17)13-18(19)20(24)25/h1-8,18-19H,9-13H2,(H,24,25). The van der Waals surface area contributed by atoms with Gasteiger partial charge in [0.15, 0.2) is 0 Å². The maximum atomic E-state index is 13.4. The molecule has 0 aromatic heterocycles. The lowest BCUT2D eigenvalue weighted by Gasteiger charge is -2.37. The molecule has 2 atom stereocenters. The molecular weight excluding hydrogens is 400 g/mol. The lowest BCUT2D eigenvalue weighted by atomic mass is 10.1. The van der Waals surface area contributed by atoms with E-state index in [4.69, 9.17) is 11.6 Å². The van der Waals surface area contributed by atoms with Crippen molar-refractivity contribution in [3.8, 4) is 0 Å². The Morgan fingerprint density at radius 1 is 1.00 bits per heavy atom. The monoisotopic (exact) mass is 420 g/mol. The van der Waals surface area contributed by atoms with Crippen molar-refractivity contribution in [1.82, 2.24) is 4.31 Å². The van der Waals surface area contributed by atoms with Crippen molar-refractivity contribution in [2.45, 2.75) is 11.7 Å². The van der Waals surface area contributed by atoms with Gasteiger partial charge in [0.25, 0.3) is 0 Å². The number of sulfonamides is 1. The molecule has 1 heterocycles. The fraction of sp³-hybridized carbons (Fsp3) is 0.350. The van der Waals surface area contributed by atoms with Crippen molar-refractivity contribution in [2.24, 2.45) is 5.92 Å². The Bertz CT molecular complexity index is 986. The van der Waals surface area contributed by atoms with Gasteiger partial charge in [-0.15, -0.1) is 0 Å². The third kappa shape index (κ3) is 3.38.